The molecule has 0 radical (unpaired) electrons. The van der Waals surface area contributed by atoms with Gasteiger partial charge < -0.3 is 20.1 Å². The van der Waals surface area contributed by atoms with Crippen LogP contribution in [0.15, 0.2) is 0 Å². The Bertz CT molecular complexity index is 345. The number of aliphatic carboxylic acids is 1. The summed E-state index contributed by atoms with van der Waals surface area (Å²) in [7, 11) is 0. The smallest absolute Gasteiger partial charge is 0.322 e. The predicted octanol–water partition coefficient (Wildman–Crippen LogP) is -1.02. The fraction of sp³-hybridized carbons (Fsp3) is 0.846. The minimum atomic E-state index is -0.795. The summed E-state index contributed by atoms with van der Waals surface area (Å²) < 4.78 is 5.22. The van der Waals surface area contributed by atoms with Crippen LogP contribution in [-0.4, -0.2) is 85.3 Å². The van der Waals surface area contributed by atoms with E-state index in [0.29, 0.717) is 52.2 Å². The Morgan fingerprint density at radius 2 is 2.00 bits per heavy atom. The van der Waals surface area contributed by atoms with E-state index in [2.05, 4.69) is 5.32 Å². The summed E-state index contributed by atoms with van der Waals surface area (Å²) in [6.45, 7) is 5.25. The van der Waals surface area contributed by atoms with Crippen molar-refractivity contribution in [3.8, 4) is 0 Å². The molecule has 2 heterocycles. The Morgan fingerprint density at radius 1 is 1.25 bits per heavy atom. The van der Waals surface area contributed by atoms with Gasteiger partial charge in [-0.25, -0.2) is 0 Å². The zero-order valence-electron chi connectivity index (χ0n) is 11.7. The molecule has 7 nitrogen and oxygen atoms in total. The van der Waals surface area contributed by atoms with Crippen LogP contribution in [0.2, 0.25) is 0 Å². The molecule has 2 fully saturated rings. The molecule has 114 valence electrons. The molecule has 7 heteroatoms. The Kier molecular flexibility index (Phi) is 5.75. The van der Waals surface area contributed by atoms with Crippen LogP contribution >= 0.6 is 0 Å². The number of rotatable bonds is 5. The fourth-order valence-corrected chi connectivity index (χ4v) is 2.66. The van der Waals surface area contributed by atoms with Crippen molar-refractivity contribution >= 4 is 11.9 Å². The number of carboxylic acids is 1. The third-order valence-corrected chi connectivity index (χ3v) is 3.84. The van der Waals surface area contributed by atoms with E-state index in [9.17, 15) is 9.59 Å². The summed E-state index contributed by atoms with van der Waals surface area (Å²) in [6, 6.07) is -0.470. The number of nitrogens with one attached hydrogen (secondary N) is 1. The van der Waals surface area contributed by atoms with Gasteiger partial charge in [-0.05, 0) is 13.0 Å². The van der Waals surface area contributed by atoms with Gasteiger partial charge in [0.1, 0.15) is 6.04 Å². The standard InChI is InChI=1S/C13H23N3O4/c17-12(16-6-8-20-9-7-16)2-1-4-15-5-3-14-10-11(15)13(18)19/h11,14H,1-10H2,(H,18,19). The number of hydrogen-bond acceptors (Lipinski definition) is 5. The van der Waals surface area contributed by atoms with Crippen LogP contribution in [0, 0.1) is 0 Å². The van der Waals surface area contributed by atoms with E-state index in [1.165, 1.54) is 0 Å². The third-order valence-electron chi connectivity index (χ3n) is 3.84. The zero-order chi connectivity index (χ0) is 14.4. The summed E-state index contributed by atoms with van der Waals surface area (Å²) in [5, 5.41) is 12.2. The monoisotopic (exact) mass is 285 g/mol. The number of ether oxygens (including phenoxy) is 1. The summed E-state index contributed by atoms with van der Waals surface area (Å²) >= 11 is 0. The maximum absolute atomic E-state index is 12.0. The Hall–Kier alpha value is -1.18. The molecule has 1 unspecified atom stereocenters. The zero-order valence-corrected chi connectivity index (χ0v) is 11.7. The molecule has 1 amide bonds. The van der Waals surface area contributed by atoms with Crippen molar-refractivity contribution in [3.05, 3.63) is 0 Å². The highest BCUT2D eigenvalue weighted by Crippen LogP contribution is 2.08. The van der Waals surface area contributed by atoms with Gasteiger partial charge in [0.25, 0.3) is 0 Å². The lowest BCUT2D eigenvalue weighted by molar-refractivity contribution is -0.143. The first-order valence-electron chi connectivity index (χ1n) is 7.21. The topological polar surface area (TPSA) is 82.1 Å². The first-order chi connectivity index (χ1) is 9.68. The van der Waals surface area contributed by atoms with Crippen LogP contribution < -0.4 is 5.32 Å². The van der Waals surface area contributed by atoms with Crippen LogP contribution in [0.5, 0.6) is 0 Å². The highest BCUT2D eigenvalue weighted by atomic mass is 16.5. The van der Waals surface area contributed by atoms with Crippen molar-refractivity contribution < 1.29 is 19.4 Å². The first-order valence-corrected chi connectivity index (χ1v) is 7.21. The van der Waals surface area contributed by atoms with E-state index in [1.54, 1.807) is 0 Å². The molecule has 1 atom stereocenters. The SMILES string of the molecule is O=C(O)C1CNCCN1CCCC(=O)N1CCOCC1. The fourth-order valence-electron chi connectivity index (χ4n) is 2.66. The number of carboxylic acid groups (broad SMARTS) is 1. The molecular weight excluding hydrogens is 262 g/mol. The molecule has 2 aliphatic heterocycles. The third kappa shape index (κ3) is 4.16. The minimum absolute atomic E-state index is 0.148. The van der Waals surface area contributed by atoms with Crippen molar-refractivity contribution in [2.75, 3.05) is 52.5 Å². The van der Waals surface area contributed by atoms with Gasteiger partial charge in [-0.2, -0.15) is 0 Å². The normalized spacial score (nSPS) is 24.6. The van der Waals surface area contributed by atoms with Crippen molar-refractivity contribution in [3.63, 3.8) is 0 Å². The maximum Gasteiger partial charge on any atom is 0.322 e. The Labute approximate surface area is 118 Å². The summed E-state index contributed by atoms with van der Waals surface area (Å²) in [4.78, 5) is 26.9. The van der Waals surface area contributed by atoms with Crippen LogP contribution in [0.3, 0.4) is 0 Å². The van der Waals surface area contributed by atoms with Crippen LogP contribution in [0.1, 0.15) is 12.8 Å². The summed E-state index contributed by atoms with van der Waals surface area (Å²) in [5.41, 5.74) is 0. The van der Waals surface area contributed by atoms with Gasteiger partial charge in [-0.1, -0.05) is 0 Å². The van der Waals surface area contributed by atoms with E-state index >= 15 is 0 Å². The van der Waals surface area contributed by atoms with Gasteiger partial charge in [0, 0.05) is 39.1 Å². The van der Waals surface area contributed by atoms with Gasteiger partial charge in [0.2, 0.25) is 5.91 Å². The molecule has 2 N–H and O–H groups in total. The lowest BCUT2D eigenvalue weighted by atomic mass is 10.1. The molecule has 0 saturated carbocycles. The lowest BCUT2D eigenvalue weighted by Crippen LogP contribution is -2.55. The molecule has 20 heavy (non-hydrogen) atoms. The van der Waals surface area contributed by atoms with Crippen LogP contribution in [-0.2, 0) is 14.3 Å². The van der Waals surface area contributed by atoms with Crippen molar-refractivity contribution in [1.29, 1.82) is 0 Å². The largest absolute Gasteiger partial charge is 0.480 e. The number of piperazine rings is 1. The number of hydrogen-bond donors (Lipinski definition) is 2. The highest BCUT2D eigenvalue weighted by molar-refractivity contribution is 5.76. The lowest BCUT2D eigenvalue weighted by Gasteiger charge is -2.33. The quantitative estimate of drug-likeness (QED) is 0.673. The number of nitrogens with zero attached hydrogens (tertiary/aromatic N) is 2. The average Bonchev–Trinajstić information content (AvgIpc) is 2.48. The molecule has 2 saturated heterocycles. The van der Waals surface area contributed by atoms with Gasteiger partial charge in [-0.15, -0.1) is 0 Å². The van der Waals surface area contributed by atoms with Crippen molar-refractivity contribution in [2.45, 2.75) is 18.9 Å². The van der Waals surface area contributed by atoms with Gasteiger partial charge in [0.15, 0.2) is 0 Å². The average molecular weight is 285 g/mol. The molecule has 0 aromatic carbocycles. The Balaban J connectivity index is 1.71. The molecule has 0 aromatic rings. The molecule has 2 aliphatic rings. The molecule has 0 aromatic heterocycles. The van der Waals surface area contributed by atoms with E-state index in [-0.39, 0.29) is 5.91 Å². The van der Waals surface area contributed by atoms with E-state index in [4.69, 9.17) is 9.84 Å². The second-order valence-corrected chi connectivity index (χ2v) is 5.19. The molecule has 0 bridgehead atoms. The number of amides is 1. The molecule has 0 spiro atoms. The second kappa shape index (κ2) is 7.56. The van der Waals surface area contributed by atoms with E-state index in [0.717, 1.165) is 13.1 Å². The van der Waals surface area contributed by atoms with Crippen molar-refractivity contribution in [2.24, 2.45) is 0 Å². The number of carbonyl (C=O) groups is 2. The maximum atomic E-state index is 12.0. The number of morpholine rings is 1. The van der Waals surface area contributed by atoms with Gasteiger partial charge in [0.05, 0.1) is 13.2 Å². The summed E-state index contributed by atoms with van der Waals surface area (Å²) in [6.07, 6.45) is 1.19. The highest BCUT2D eigenvalue weighted by Gasteiger charge is 2.28. The molecule has 2 rings (SSSR count). The number of carbonyl (C=O) groups excluding carboxylic acids is 1. The Morgan fingerprint density at radius 3 is 2.70 bits per heavy atom. The van der Waals surface area contributed by atoms with E-state index in [1.807, 2.05) is 9.80 Å². The molecule has 0 aliphatic carbocycles. The van der Waals surface area contributed by atoms with Crippen LogP contribution in [0.25, 0.3) is 0 Å². The molecular formula is C13H23N3O4. The first kappa shape index (κ1) is 15.2. The van der Waals surface area contributed by atoms with Crippen LogP contribution in [0.4, 0.5) is 0 Å². The minimum Gasteiger partial charge on any atom is -0.480 e. The van der Waals surface area contributed by atoms with Crippen molar-refractivity contribution in [1.82, 2.24) is 15.1 Å². The van der Waals surface area contributed by atoms with Gasteiger partial charge >= 0.3 is 5.97 Å². The van der Waals surface area contributed by atoms with E-state index < -0.39 is 12.0 Å². The predicted molar refractivity (Wildman–Crippen MR) is 72.5 cm³/mol. The summed E-state index contributed by atoms with van der Waals surface area (Å²) in [5.74, 6) is -0.646. The second-order valence-electron chi connectivity index (χ2n) is 5.19. The van der Waals surface area contributed by atoms with Gasteiger partial charge in [-0.3, -0.25) is 14.5 Å².